The molecule has 0 heterocycles. The van der Waals surface area contributed by atoms with Gasteiger partial charge in [-0.3, -0.25) is 0 Å². The molecular formula is C19H33NO. The number of hydrogen-bond donors (Lipinski definition) is 1. The molecule has 1 aromatic rings. The largest absolute Gasteiger partial charge is 0.494 e. The van der Waals surface area contributed by atoms with E-state index in [0.717, 1.165) is 25.3 Å². The highest BCUT2D eigenvalue weighted by atomic mass is 16.5. The molecule has 21 heavy (non-hydrogen) atoms. The molecule has 2 nitrogen and oxygen atoms in total. The topological polar surface area (TPSA) is 21.3 Å². The maximum atomic E-state index is 5.73. The number of hydrogen-bond acceptors (Lipinski definition) is 2. The van der Waals surface area contributed by atoms with Gasteiger partial charge in [-0.25, -0.2) is 0 Å². The Morgan fingerprint density at radius 2 is 1.62 bits per heavy atom. The zero-order valence-electron chi connectivity index (χ0n) is 14.2. The molecule has 0 aliphatic rings. The third-order valence-electron chi connectivity index (χ3n) is 3.85. The Kier molecular flexibility index (Phi) is 9.98. The number of nitrogens with one attached hydrogen (secondary N) is 1. The van der Waals surface area contributed by atoms with Crippen LogP contribution in [0.3, 0.4) is 0 Å². The second-order valence-corrected chi connectivity index (χ2v) is 5.73. The van der Waals surface area contributed by atoms with Gasteiger partial charge in [0.25, 0.3) is 0 Å². The third-order valence-corrected chi connectivity index (χ3v) is 3.85. The van der Waals surface area contributed by atoms with Crippen molar-refractivity contribution < 1.29 is 4.74 Å². The van der Waals surface area contributed by atoms with Crippen molar-refractivity contribution in [1.82, 2.24) is 5.32 Å². The molecule has 1 atom stereocenters. The lowest BCUT2D eigenvalue weighted by Crippen LogP contribution is -2.20. The fraction of sp³-hybridized carbons (Fsp3) is 0.684. The van der Waals surface area contributed by atoms with Crippen LogP contribution in [0.25, 0.3) is 0 Å². The summed E-state index contributed by atoms with van der Waals surface area (Å²) in [5, 5.41) is 3.61. The average Bonchev–Trinajstić information content (AvgIpc) is 2.51. The molecule has 0 saturated heterocycles. The van der Waals surface area contributed by atoms with Crippen molar-refractivity contribution in [3.05, 3.63) is 29.8 Å². The summed E-state index contributed by atoms with van der Waals surface area (Å²) in [6, 6.07) is 9.14. The van der Waals surface area contributed by atoms with Crippen LogP contribution in [0.4, 0.5) is 0 Å². The van der Waals surface area contributed by atoms with E-state index in [1.54, 1.807) is 0 Å². The lowest BCUT2D eigenvalue weighted by molar-refractivity contribution is 0.309. The second-order valence-electron chi connectivity index (χ2n) is 5.73. The summed E-state index contributed by atoms with van der Waals surface area (Å²) in [5.74, 6) is 0.994. The lowest BCUT2D eigenvalue weighted by Gasteiger charge is -2.19. The first-order valence-electron chi connectivity index (χ1n) is 8.77. The van der Waals surface area contributed by atoms with Crippen LogP contribution in [-0.4, -0.2) is 13.2 Å². The van der Waals surface area contributed by atoms with Gasteiger partial charge in [0.2, 0.25) is 0 Å². The van der Waals surface area contributed by atoms with E-state index in [1.165, 1.54) is 44.1 Å². The van der Waals surface area contributed by atoms with E-state index in [2.05, 4.69) is 50.4 Å². The van der Waals surface area contributed by atoms with Crippen molar-refractivity contribution in [2.75, 3.05) is 13.2 Å². The van der Waals surface area contributed by atoms with Crippen molar-refractivity contribution >= 4 is 0 Å². The normalized spacial score (nSPS) is 12.3. The van der Waals surface area contributed by atoms with Crippen LogP contribution in [-0.2, 0) is 0 Å². The molecule has 0 spiro atoms. The summed E-state index contributed by atoms with van der Waals surface area (Å²) in [7, 11) is 0. The SMILES string of the molecule is CCCCCCC(NCC)c1ccc(OCCCC)cc1. The maximum absolute atomic E-state index is 5.73. The minimum Gasteiger partial charge on any atom is -0.494 e. The molecule has 0 radical (unpaired) electrons. The predicted octanol–water partition coefficient (Wildman–Crippen LogP) is 5.49. The molecule has 0 saturated carbocycles. The molecule has 1 N–H and O–H groups in total. The Hall–Kier alpha value is -1.02. The van der Waals surface area contributed by atoms with E-state index in [0.29, 0.717) is 6.04 Å². The third kappa shape index (κ3) is 7.52. The van der Waals surface area contributed by atoms with Gasteiger partial charge >= 0.3 is 0 Å². The van der Waals surface area contributed by atoms with Crippen molar-refractivity contribution in [3.63, 3.8) is 0 Å². The average molecular weight is 291 g/mol. The zero-order valence-corrected chi connectivity index (χ0v) is 14.2. The number of ether oxygens (including phenoxy) is 1. The van der Waals surface area contributed by atoms with Gasteiger partial charge in [0.15, 0.2) is 0 Å². The highest BCUT2D eigenvalue weighted by Gasteiger charge is 2.09. The number of unbranched alkanes of at least 4 members (excludes halogenated alkanes) is 4. The van der Waals surface area contributed by atoms with Crippen LogP contribution >= 0.6 is 0 Å². The first kappa shape index (κ1) is 18.0. The Labute approximate surface area is 131 Å². The molecule has 0 aromatic heterocycles. The molecule has 0 aliphatic heterocycles. The van der Waals surface area contributed by atoms with Crippen molar-refractivity contribution in [1.29, 1.82) is 0 Å². The maximum Gasteiger partial charge on any atom is 0.119 e. The Morgan fingerprint density at radius 1 is 0.905 bits per heavy atom. The van der Waals surface area contributed by atoms with Crippen LogP contribution in [0.2, 0.25) is 0 Å². The molecule has 0 amide bonds. The van der Waals surface area contributed by atoms with E-state index < -0.39 is 0 Å². The van der Waals surface area contributed by atoms with E-state index in [1.807, 2.05) is 0 Å². The monoisotopic (exact) mass is 291 g/mol. The minimum absolute atomic E-state index is 0.483. The Morgan fingerprint density at radius 3 is 2.24 bits per heavy atom. The molecule has 120 valence electrons. The standard InChI is InChI=1S/C19H33NO/c1-4-7-9-10-11-19(20-6-3)17-12-14-18(15-13-17)21-16-8-5-2/h12-15,19-20H,4-11,16H2,1-3H3. The number of rotatable bonds is 12. The predicted molar refractivity (Wildman–Crippen MR) is 92.0 cm³/mol. The summed E-state index contributed by atoms with van der Waals surface area (Å²) >= 11 is 0. The summed E-state index contributed by atoms with van der Waals surface area (Å²) in [5.41, 5.74) is 1.39. The zero-order chi connectivity index (χ0) is 15.3. The number of benzene rings is 1. The molecule has 1 unspecified atom stereocenters. The Balaban J connectivity index is 2.49. The molecule has 0 bridgehead atoms. The molecule has 0 fully saturated rings. The summed E-state index contributed by atoms with van der Waals surface area (Å²) in [6.45, 7) is 8.48. The van der Waals surface area contributed by atoms with Crippen LogP contribution in [0.5, 0.6) is 5.75 Å². The highest BCUT2D eigenvalue weighted by Crippen LogP contribution is 2.23. The van der Waals surface area contributed by atoms with E-state index in [-0.39, 0.29) is 0 Å². The van der Waals surface area contributed by atoms with E-state index >= 15 is 0 Å². The van der Waals surface area contributed by atoms with Crippen molar-refractivity contribution in [3.8, 4) is 5.75 Å². The molecule has 1 rings (SSSR count). The van der Waals surface area contributed by atoms with Gasteiger partial charge < -0.3 is 10.1 Å². The fourth-order valence-corrected chi connectivity index (χ4v) is 2.54. The summed E-state index contributed by atoms with van der Waals surface area (Å²) in [4.78, 5) is 0. The molecule has 2 heteroatoms. The molecular weight excluding hydrogens is 258 g/mol. The van der Waals surface area contributed by atoms with Crippen molar-refractivity contribution in [2.24, 2.45) is 0 Å². The summed E-state index contributed by atoms with van der Waals surface area (Å²) in [6.07, 6.45) is 8.83. The van der Waals surface area contributed by atoms with Crippen LogP contribution in [0.1, 0.15) is 77.3 Å². The van der Waals surface area contributed by atoms with Gasteiger partial charge in [-0.1, -0.05) is 65.0 Å². The molecule has 1 aromatic carbocycles. The second kappa shape index (κ2) is 11.6. The van der Waals surface area contributed by atoms with Crippen LogP contribution < -0.4 is 10.1 Å². The minimum atomic E-state index is 0.483. The fourth-order valence-electron chi connectivity index (χ4n) is 2.54. The van der Waals surface area contributed by atoms with Gasteiger partial charge in [0, 0.05) is 6.04 Å². The smallest absolute Gasteiger partial charge is 0.119 e. The van der Waals surface area contributed by atoms with Crippen LogP contribution in [0.15, 0.2) is 24.3 Å². The van der Waals surface area contributed by atoms with Crippen LogP contribution in [0, 0.1) is 0 Å². The first-order chi connectivity index (χ1) is 10.3. The van der Waals surface area contributed by atoms with E-state index in [4.69, 9.17) is 4.74 Å². The van der Waals surface area contributed by atoms with Gasteiger partial charge in [0.1, 0.15) is 5.75 Å². The lowest BCUT2D eigenvalue weighted by atomic mass is 10.00. The Bertz CT molecular complexity index is 347. The van der Waals surface area contributed by atoms with Gasteiger partial charge in [-0.2, -0.15) is 0 Å². The van der Waals surface area contributed by atoms with Gasteiger partial charge in [-0.15, -0.1) is 0 Å². The molecule has 0 aliphatic carbocycles. The highest BCUT2D eigenvalue weighted by molar-refractivity contribution is 5.29. The summed E-state index contributed by atoms with van der Waals surface area (Å²) < 4.78 is 5.73. The van der Waals surface area contributed by atoms with Crippen molar-refractivity contribution in [2.45, 2.75) is 71.8 Å². The van der Waals surface area contributed by atoms with E-state index in [9.17, 15) is 0 Å². The first-order valence-corrected chi connectivity index (χ1v) is 8.77. The quantitative estimate of drug-likeness (QED) is 0.514. The van der Waals surface area contributed by atoms with Gasteiger partial charge in [-0.05, 0) is 37.1 Å². The van der Waals surface area contributed by atoms with Gasteiger partial charge in [0.05, 0.1) is 6.61 Å².